The summed E-state index contributed by atoms with van der Waals surface area (Å²) >= 11 is 0. The van der Waals surface area contributed by atoms with E-state index in [-0.39, 0.29) is 11.5 Å². The first-order chi connectivity index (χ1) is 10.5. The van der Waals surface area contributed by atoms with Crippen LogP contribution in [0.15, 0.2) is 54.6 Å². The average molecular weight is 299 g/mol. The van der Waals surface area contributed by atoms with Crippen molar-refractivity contribution >= 4 is 11.9 Å². The lowest BCUT2D eigenvalue weighted by molar-refractivity contribution is -0.140. The van der Waals surface area contributed by atoms with Crippen molar-refractivity contribution in [3.8, 4) is 0 Å². The first kappa shape index (κ1) is 14.3. The standard InChI is InChI=1S/C17H14FNO3/c18-14-9-5-4-8-12(14)15(20)19-17(16(21)22)10-13(17)11-6-2-1-3-7-11/h1-9,13H,10H2,(H,19,20)(H,21,22). The van der Waals surface area contributed by atoms with Crippen LogP contribution in [0.5, 0.6) is 0 Å². The Morgan fingerprint density at radius 3 is 2.36 bits per heavy atom. The van der Waals surface area contributed by atoms with Gasteiger partial charge in [-0.05, 0) is 24.1 Å². The number of rotatable bonds is 4. The van der Waals surface area contributed by atoms with Gasteiger partial charge in [-0.1, -0.05) is 42.5 Å². The molecule has 1 aliphatic rings. The third kappa shape index (κ3) is 2.35. The van der Waals surface area contributed by atoms with E-state index in [0.29, 0.717) is 6.42 Å². The minimum Gasteiger partial charge on any atom is -0.479 e. The number of nitrogens with one attached hydrogen (secondary N) is 1. The molecule has 2 aromatic rings. The molecule has 2 unspecified atom stereocenters. The Balaban J connectivity index is 1.85. The van der Waals surface area contributed by atoms with Gasteiger partial charge in [0, 0.05) is 5.92 Å². The maximum atomic E-state index is 13.6. The molecule has 1 aliphatic carbocycles. The Hall–Kier alpha value is -2.69. The number of halogens is 1. The van der Waals surface area contributed by atoms with Gasteiger partial charge >= 0.3 is 5.97 Å². The fourth-order valence-corrected chi connectivity index (χ4v) is 2.69. The highest BCUT2D eigenvalue weighted by molar-refractivity contribution is 6.00. The van der Waals surface area contributed by atoms with E-state index in [1.807, 2.05) is 30.3 Å². The summed E-state index contributed by atoms with van der Waals surface area (Å²) in [5.74, 6) is -2.79. The van der Waals surface area contributed by atoms with Gasteiger partial charge in [-0.3, -0.25) is 4.79 Å². The molecule has 0 aromatic heterocycles. The highest BCUT2D eigenvalue weighted by Gasteiger charge is 2.62. The second-order valence-corrected chi connectivity index (χ2v) is 5.38. The van der Waals surface area contributed by atoms with E-state index in [1.165, 1.54) is 24.3 Å². The summed E-state index contributed by atoms with van der Waals surface area (Å²) in [7, 11) is 0. The molecule has 0 radical (unpaired) electrons. The molecule has 0 heterocycles. The van der Waals surface area contributed by atoms with Crippen molar-refractivity contribution in [1.82, 2.24) is 5.32 Å². The summed E-state index contributed by atoms with van der Waals surface area (Å²) in [4.78, 5) is 23.8. The van der Waals surface area contributed by atoms with Crippen LogP contribution in [0.3, 0.4) is 0 Å². The normalized spacial score (nSPS) is 22.9. The van der Waals surface area contributed by atoms with Crippen LogP contribution >= 0.6 is 0 Å². The van der Waals surface area contributed by atoms with Crippen molar-refractivity contribution in [3.05, 3.63) is 71.5 Å². The van der Waals surface area contributed by atoms with Crippen molar-refractivity contribution in [3.63, 3.8) is 0 Å². The molecule has 5 heteroatoms. The van der Waals surface area contributed by atoms with Crippen LogP contribution in [0.25, 0.3) is 0 Å². The summed E-state index contributed by atoms with van der Waals surface area (Å²) < 4.78 is 13.6. The van der Waals surface area contributed by atoms with Crippen molar-refractivity contribution < 1.29 is 19.1 Å². The maximum Gasteiger partial charge on any atom is 0.330 e. The number of carboxylic acid groups (broad SMARTS) is 1. The molecule has 112 valence electrons. The number of carbonyl (C=O) groups is 2. The Labute approximate surface area is 126 Å². The molecule has 2 atom stereocenters. The summed E-state index contributed by atoms with van der Waals surface area (Å²) in [6, 6.07) is 14.6. The van der Waals surface area contributed by atoms with Crippen molar-refractivity contribution in [2.45, 2.75) is 17.9 Å². The third-order valence-electron chi connectivity index (χ3n) is 4.00. The zero-order valence-corrected chi connectivity index (χ0v) is 11.6. The predicted molar refractivity (Wildman–Crippen MR) is 78.0 cm³/mol. The van der Waals surface area contributed by atoms with E-state index in [0.717, 1.165) is 5.56 Å². The van der Waals surface area contributed by atoms with E-state index in [1.54, 1.807) is 0 Å². The maximum absolute atomic E-state index is 13.6. The minimum absolute atomic E-state index is 0.151. The molecule has 22 heavy (non-hydrogen) atoms. The van der Waals surface area contributed by atoms with E-state index in [4.69, 9.17) is 0 Å². The lowest BCUT2D eigenvalue weighted by Gasteiger charge is -2.15. The number of benzene rings is 2. The fourth-order valence-electron chi connectivity index (χ4n) is 2.69. The van der Waals surface area contributed by atoms with Gasteiger partial charge in [0.1, 0.15) is 11.4 Å². The van der Waals surface area contributed by atoms with Crippen molar-refractivity contribution in [1.29, 1.82) is 0 Å². The average Bonchev–Trinajstić information content (AvgIpc) is 3.24. The molecule has 1 fully saturated rings. The predicted octanol–water partition coefficient (Wildman–Crippen LogP) is 2.57. The van der Waals surface area contributed by atoms with Crippen LogP contribution in [-0.4, -0.2) is 22.5 Å². The largest absolute Gasteiger partial charge is 0.479 e. The molecule has 0 aliphatic heterocycles. The molecule has 0 saturated heterocycles. The van der Waals surface area contributed by atoms with Crippen LogP contribution in [0.1, 0.15) is 28.3 Å². The number of carboxylic acids is 1. The molecule has 3 rings (SSSR count). The van der Waals surface area contributed by atoms with E-state index < -0.39 is 23.2 Å². The lowest BCUT2D eigenvalue weighted by atomic mass is 10.1. The zero-order valence-electron chi connectivity index (χ0n) is 11.6. The SMILES string of the molecule is O=C(NC1(C(=O)O)CC1c1ccccc1)c1ccccc1F. The van der Waals surface area contributed by atoms with E-state index in [9.17, 15) is 19.1 Å². The Morgan fingerprint density at radius 1 is 1.09 bits per heavy atom. The summed E-state index contributed by atoms with van der Waals surface area (Å²) in [6.07, 6.45) is 0.298. The molecule has 0 spiro atoms. The first-order valence-electron chi connectivity index (χ1n) is 6.90. The van der Waals surface area contributed by atoms with Crippen molar-refractivity contribution in [2.75, 3.05) is 0 Å². The van der Waals surface area contributed by atoms with Crippen molar-refractivity contribution in [2.24, 2.45) is 0 Å². The molecule has 1 saturated carbocycles. The van der Waals surface area contributed by atoms with Gasteiger partial charge in [0.2, 0.25) is 0 Å². The summed E-state index contributed by atoms with van der Waals surface area (Å²) in [6.45, 7) is 0. The van der Waals surface area contributed by atoms with Gasteiger partial charge < -0.3 is 10.4 Å². The van der Waals surface area contributed by atoms with Crippen LogP contribution in [-0.2, 0) is 4.79 Å². The van der Waals surface area contributed by atoms with Gasteiger partial charge in [0.15, 0.2) is 0 Å². The topological polar surface area (TPSA) is 66.4 Å². The fraction of sp³-hybridized carbons (Fsp3) is 0.176. The van der Waals surface area contributed by atoms with Crippen LogP contribution in [0, 0.1) is 5.82 Å². The number of carbonyl (C=O) groups excluding carboxylic acids is 1. The van der Waals surface area contributed by atoms with Crippen LogP contribution < -0.4 is 5.32 Å². The summed E-state index contributed by atoms with van der Waals surface area (Å²) in [5.41, 5.74) is -0.665. The zero-order chi connectivity index (χ0) is 15.7. The first-order valence-corrected chi connectivity index (χ1v) is 6.90. The lowest BCUT2D eigenvalue weighted by Crippen LogP contribution is -2.44. The number of hydrogen-bond donors (Lipinski definition) is 2. The monoisotopic (exact) mass is 299 g/mol. The second-order valence-electron chi connectivity index (χ2n) is 5.38. The molecule has 0 bridgehead atoms. The highest BCUT2D eigenvalue weighted by Crippen LogP contribution is 2.51. The summed E-state index contributed by atoms with van der Waals surface area (Å²) in [5, 5.41) is 12.0. The molecular formula is C17H14FNO3. The molecule has 1 amide bonds. The molecular weight excluding hydrogens is 285 g/mol. The Bertz CT molecular complexity index is 732. The van der Waals surface area contributed by atoms with Gasteiger partial charge in [-0.25, -0.2) is 9.18 Å². The molecule has 4 nitrogen and oxygen atoms in total. The quantitative estimate of drug-likeness (QED) is 0.912. The second kappa shape index (κ2) is 5.26. The Morgan fingerprint density at radius 2 is 1.73 bits per heavy atom. The number of amides is 1. The van der Waals surface area contributed by atoms with Gasteiger partial charge in [-0.15, -0.1) is 0 Å². The van der Waals surface area contributed by atoms with Crippen LogP contribution in [0.2, 0.25) is 0 Å². The van der Waals surface area contributed by atoms with Gasteiger partial charge in [-0.2, -0.15) is 0 Å². The molecule has 2 N–H and O–H groups in total. The Kier molecular flexibility index (Phi) is 3.41. The third-order valence-corrected chi connectivity index (χ3v) is 4.00. The molecule has 2 aromatic carbocycles. The van der Waals surface area contributed by atoms with E-state index in [2.05, 4.69) is 5.32 Å². The van der Waals surface area contributed by atoms with Crippen LogP contribution in [0.4, 0.5) is 4.39 Å². The number of hydrogen-bond acceptors (Lipinski definition) is 2. The van der Waals surface area contributed by atoms with Gasteiger partial charge in [0.05, 0.1) is 5.56 Å². The van der Waals surface area contributed by atoms with E-state index >= 15 is 0 Å². The smallest absolute Gasteiger partial charge is 0.330 e. The minimum atomic E-state index is -1.36. The highest BCUT2D eigenvalue weighted by atomic mass is 19.1. The van der Waals surface area contributed by atoms with Gasteiger partial charge in [0.25, 0.3) is 5.91 Å². The number of aliphatic carboxylic acids is 1.